The predicted molar refractivity (Wildman–Crippen MR) is 66.0 cm³/mol. The Labute approximate surface area is 102 Å². The minimum absolute atomic E-state index is 0.103. The Balaban J connectivity index is 2.23. The van der Waals surface area contributed by atoms with Gasteiger partial charge in [0.25, 0.3) is 0 Å². The van der Waals surface area contributed by atoms with E-state index in [4.69, 9.17) is 14.2 Å². The monoisotopic (exact) mass is 234 g/mol. The summed E-state index contributed by atoms with van der Waals surface area (Å²) in [5.41, 5.74) is 1.07. The van der Waals surface area contributed by atoms with E-state index in [2.05, 4.69) is 6.58 Å². The van der Waals surface area contributed by atoms with Crippen molar-refractivity contribution < 1.29 is 14.2 Å². The van der Waals surface area contributed by atoms with E-state index >= 15 is 0 Å². The molecule has 0 unspecified atom stereocenters. The summed E-state index contributed by atoms with van der Waals surface area (Å²) in [7, 11) is 1.65. The maximum atomic E-state index is 5.88. The molecule has 1 aliphatic rings. The number of methoxy groups -OCH3 is 1. The Morgan fingerprint density at radius 3 is 2.41 bits per heavy atom. The molecule has 1 saturated heterocycles. The molecule has 1 heterocycles. The average Bonchev–Trinajstić information content (AvgIpc) is 2.65. The summed E-state index contributed by atoms with van der Waals surface area (Å²) in [5.74, 6) is 0.269. The van der Waals surface area contributed by atoms with Crippen molar-refractivity contribution in [2.24, 2.45) is 0 Å². The highest BCUT2D eigenvalue weighted by atomic mass is 16.7. The maximum Gasteiger partial charge on any atom is 0.164 e. The van der Waals surface area contributed by atoms with Gasteiger partial charge in [-0.1, -0.05) is 18.2 Å². The van der Waals surface area contributed by atoms with Crippen LogP contribution in [-0.2, 0) is 9.47 Å². The number of hydrogen-bond donors (Lipinski definition) is 0. The lowest BCUT2D eigenvalue weighted by molar-refractivity contribution is -0.143. The molecule has 17 heavy (non-hydrogen) atoms. The van der Waals surface area contributed by atoms with E-state index in [1.165, 1.54) is 0 Å². The number of ether oxygens (including phenoxy) is 3. The van der Waals surface area contributed by atoms with Gasteiger partial charge >= 0.3 is 0 Å². The van der Waals surface area contributed by atoms with Gasteiger partial charge in [-0.15, -0.1) is 6.58 Å². The molecular formula is C14H18O3. The Hall–Kier alpha value is -1.32. The van der Waals surface area contributed by atoms with Crippen LogP contribution in [0.15, 0.2) is 36.9 Å². The van der Waals surface area contributed by atoms with Crippen LogP contribution in [0.25, 0.3) is 0 Å². The average molecular weight is 234 g/mol. The molecule has 0 aliphatic carbocycles. The molecule has 0 saturated carbocycles. The summed E-state index contributed by atoms with van der Waals surface area (Å²) in [4.78, 5) is 0. The van der Waals surface area contributed by atoms with Crippen LogP contribution in [0, 0.1) is 0 Å². The highest BCUT2D eigenvalue weighted by Crippen LogP contribution is 2.38. The Morgan fingerprint density at radius 1 is 1.24 bits per heavy atom. The molecule has 1 aromatic rings. The summed E-state index contributed by atoms with van der Waals surface area (Å²) < 4.78 is 16.8. The normalized spacial score (nSPS) is 26.8. The summed E-state index contributed by atoms with van der Waals surface area (Å²) in [6.07, 6.45) is 1.57. The molecule has 0 N–H and O–H groups in total. The standard InChI is InChI=1S/C14H18O3/c1-5-12-13(17-14(2,3)16-12)10-6-8-11(15-4)9-7-10/h5-9,12-13H,1H2,2-4H3/t12-,13-/m1/s1. The topological polar surface area (TPSA) is 27.7 Å². The highest BCUT2D eigenvalue weighted by Gasteiger charge is 2.40. The largest absolute Gasteiger partial charge is 0.497 e. The fourth-order valence-electron chi connectivity index (χ4n) is 2.01. The van der Waals surface area contributed by atoms with Crippen molar-refractivity contribution in [3.05, 3.63) is 42.5 Å². The summed E-state index contributed by atoms with van der Waals surface area (Å²) in [6, 6.07) is 7.82. The van der Waals surface area contributed by atoms with Gasteiger partial charge in [-0.2, -0.15) is 0 Å². The van der Waals surface area contributed by atoms with Gasteiger partial charge < -0.3 is 14.2 Å². The first-order chi connectivity index (χ1) is 8.05. The highest BCUT2D eigenvalue weighted by molar-refractivity contribution is 5.30. The van der Waals surface area contributed by atoms with E-state index in [0.717, 1.165) is 11.3 Å². The molecule has 0 radical (unpaired) electrons. The third-order valence-electron chi connectivity index (χ3n) is 2.81. The third-order valence-corrected chi connectivity index (χ3v) is 2.81. The van der Waals surface area contributed by atoms with Crippen LogP contribution in [0.1, 0.15) is 25.5 Å². The van der Waals surface area contributed by atoms with Crippen LogP contribution in [0.3, 0.4) is 0 Å². The first-order valence-corrected chi connectivity index (χ1v) is 5.68. The lowest BCUT2D eigenvalue weighted by atomic mass is 10.0. The van der Waals surface area contributed by atoms with Crippen LogP contribution in [0.4, 0.5) is 0 Å². The SMILES string of the molecule is C=C[C@H]1OC(C)(C)O[C@@H]1c1ccc(OC)cc1. The fourth-order valence-corrected chi connectivity index (χ4v) is 2.01. The van der Waals surface area contributed by atoms with Crippen LogP contribution < -0.4 is 4.74 Å². The number of benzene rings is 1. The smallest absolute Gasteiger partial charge is 0.164 e. The molecule has 3 heteroatoms. The molecular weight excluding hydrogens is 216 g/mol. The van der Waals surface area contributed by atoms with Crippen LogP contribution >= 0.6 is 0 Å². The minimum atomic E-state index is -0.566. The molecule has 92 valence electrons. The van der Waals surface area contributed by atoms with E-state index in [0.29, 0.717) is 0 Å². The van der Waals surface area contributed by atoms with Crippen LogP contribution in [0.5, 0.6) is 5.75 Å². The molecule has 0 bridgehead atoms. The van der Waals surface area contributed by atoms with E-state index in [-0.39, 0.29) is 12.2 Å². The number of hydrogen-bond acceptors (Lipinski definition) is 3. The van der Waals surface area contributed by atoms with Gasteiger partial charge in [0.2, 0.25) is 0 Å². The zero-order chi connectivity index (χ0) is 12.5. The van der Waals surface area contributed by atoms with Gasteiger partial charge in [-0.3, -0.25) is 0 Å². The zero-order valence-electron chi connectivity index (χ0n) is 10.5. The van der Waals surface area contributed by atoms with Crippen LogP contribution in [0.2, 0.25) is 0 Å². The Bertz CT molecular complexity index is 394. The van der Waals surface area contributed by atoms with Gasteiger partial charge in [-0.05, 0) is 31.5 Å². The molecule has 1 aromatic carbocycles. The van der Waals surface area contributed by atoms with E-state index < -0.39 is 5.79 Å². The van der Waals surface area contributed by atoms with Crippen molar-refractivity contribution in [2.75, 3.05) is 7.11 Å². The summed E-state index contributed by atoms with van der Waals surface area (Å²) in [6.45, 7) is 7.61. The lowest BCUT2D eigenvalue weighted by Crippen LogP contribution is -2.20. The van der Waals surface area contributed by atoms with Crippen molar-refractivity contribution in [3.63, 3.8) is 0 Å². The first-order valence-electron chi connectivity index (χ1n) is 5.68. The molecule has 2 rings (SSSR count). The predicted octanol–water partition coefficient (Wildman–Crippen LogP) is 3.07. The van der Waals surface area contributed by atoms with Crippen molar-refractivity contribution >= 4 is 0 Å². The molecule has 2 atom stereocenters. The van der Waals surface area contributed by atoms with Crippen LogP contribution in [-0.4, -0.2) is 19.0 Å². The van der Waals surface area contributed by atoms with Crippen molar-refractivity contribution in [1.29, 1.82) is 0 Å². The lowest BCUT2D eigenvalue weighted by Gasteiger charge is -2.17. The molecule has 1 aliphatic heterocycles. The van der Waals surface area contributed by atoms with E-state index in [1.807, 2.05) is 38.1 Å². The van der Waals surface area contributed by atoms with Gasteiger partial charge in [-0.25, -0.2) is 0 Å². The quantitative estimate of drug-likeness (QED) is 0.752. The second-order valence-corrected chi connectivity index (χ2v) is 4.53. The molecule has 0 aromatic heterocycles. The van der Waals surface area contributed by atoms with Crippen molar-refractivity contribution in [3.8, 4) is 5.75 Å². The second kappa shape index (κ2) is 4.51. The second-order valence-electron chi connectivity index (χ2n) is 4.53. The summed E-state index contributed by atoms with van der Waals surface area (Å²) in [5, 5.41) is 0. The summed E-state index contributed by atoms with van der Waals surface area (Å²) >= 11 is 0. The molecule has 0 amide bonds. The fraction of sp³-hybridized carbons (Fsp3) is 0.429. The Kier molecular flexibility index (Phi) is 3.22. The maximum absolute atomic E-state index is 5.88. The van der Waals surface area contributed by atoms with Gasteiger partial charge in [0.1, 0.15) is 18.0 Å². The minimum Gasteiger partial charge on any atom is -0.497 e. The molecule has 0 spiro atoms. The molecule has 1 fully saturated rings. The van der Waals surface area contributed by atoms with Crippen molar-refractivity contribution in [2.45, 2.75) is 31.8 Å². The third kappa shape index (κ3) is 2.51. The zero-order valence-corrected chi connectivity index (χ0v) is 10.5. The molecule has 3 nitrogen and oxygen atoms in total. The van der Waals surface area contributed by atoms with Gasteiger partial charge in [0.05, 0.1) is 7.11 Å². The van der Waals surface area contributed by atoms with E-state index in [9.17, 15) is 0 Å². The van der Waals surface area contributed by atoms with E-state index in [1.54, 1.807) is 13.2 Å². The Morgan fingerprint density at radius 2 is 1.88 bits per heavy atom. The van der Waals surface area contributed by atoms with Gasteiger partial charge in [0, 0.05) is 0 Å². The van der Waals surface area contributed by atoms with Crippen molar-refractivity contribution in [1.82, 2.24) is 0 Å². The number of rotatable bonds is 3. The first kappa shape index (κ1) is 12.1. The van der Waals surface area contributed by atoms with Gasteiger partial charge in [0.15, 0.2) is 5.79 Å².